The molecule has 0 saturated heterocycles. The molecule has 84 valence electrons. The molecule has 0 radical (unpaired) electrons. The quantitative estimate of drug-likeness (QED) is 0.857. The molecule has 1 aliphatic carbocycles. The number of aliphatic hydroxyl groups is 1. The Morgan fingerprint density at radius 3 is 2.73 bits per heavy atom. The maximum absolute atomic E-state index is 9.87. The van der Waals surface area contributed by atoms with Gasteiger partial charge in [0.1, 0.15) is 0 Å². The molecule has 1 aromatic rings. The first-order chi connectivity index (χ1) is 7.08. The number of halogens is 1. The predicted molar refractivity (Wildman–Crippen MR) is 60.0 cm³/mol. The lowest BCUT2D eigenvalue weighted by Gasteiger charge is -2.10. The molecule has 15 heavy (non-hydrogen) atoms. The molecular formula is C11H17ClN2O. The van der Waals surface area contributed by atoms with Crippen LogP contribution in [0.2, 0.25) is 5.02 Å². The van der Waals surface area contributed by atoms with Gasteiger partial charge in [-0.05, 0) is 19.3 Å². The number of aryl methyl sites for hydroxylation is 2. The van der Waals surface area contributed by atoms with Gasteiger partial charge in [-0.1, -0.05) is 24.4 Å². The second-order valence-electron chi connectivity index (χ2n) is 4.51. The lowest BCUT2D eigenvalue weighted by molar-refractivity contribution is 0.155. The van der Waals surface area contributed by atoms with Gasteiger partial charge in [0.2, 0.25) is 0 Å². The maximum Gasteiger partial charge on any atom is 0.0847 e. The zero-order valence-corrected chi connectivity index (χ0v) is 9.96. The molecule has 0 spiro atoms. The molecule has 1 fully saturated rings. The first-order valence-corrected chi connectivity index (χ1v) is 5.81. The third-order valence-corrected chi connectivity index (χ3v) is 3.48. The fourth-order valence-corrected chi connectivity index (χ4v) is 2.18. The van der Waals surface area contributed by atoms with E-state index in [4.69, 9.17) is 11.6 Å². The average molecular weight is 229 g/mol. The summed E-state index contributed by atoms with van der Waals surface area (Å²) in [5.41, 5.74) is 1.79. The molecule has 0 aromatic carbocycles. The van der Waals surface area contributed by atoms with E-state index in [-0.39, 0.29) is 6.10 Å². The molecule has 1 unspecified atom stereocenters. The number of hydrogen-bond acceptors (Lipinski definition) is 2. The van der Waals surface area contributed by atoms with E-state index in [1.807, 2.05) is 14.0 Å². The van der Waals surface area contributed by atoms with Gasteiger partial charge < -0.3 is 5.11 Å². The summed E-state index contributed by atoms with van der Waals surface area (Å²) < 4.78 is 1.77. The third-order valence-electron chi connectivity index (χ3n) is 2.99. The minimum absolute atomic E-state index is 0.273. The van der Waals surface area contributed by atoms with Crippen LogP contribution in [0.4, 0.5) is 0 Å². The van der Waals surface area contributed by atoms with Gasteiger partial charge in [0.15, 0.2) is 0 Å². The Bertz CT molecular complexity index is 358. The van der Waals surface area contributed by atoms with Crippen LogP contribution in [0.25, 0.3) is 0 Å². The van der Waals surface area contributed by atoms with Gasteiger partial charge in [0, 0.05) is 13.5 Å². The van der Waals surface area contributed by atoms with E-state index in [0.717, 1.165) is 23.7 Å². The van der Waals surface area contributed by atoms with E-state index < -0.39 is 0 Å². The van der Waals surface area contributed by atoms with Crippen molar-refractivity contribution < 1.29 is 5.11 Å². The number of rotatable bonds is 4. The van der Waals surface area contributed by atoms with E-state index >= 15 is 0 Å². The van der Waals surface area contributed by atoms with E-state index in [1.165, 1.54) is 12.8 Å². The highest BCUT2D eigenvalue weighted by atomic mass is 35.5. The lowest BCUT2D eigenvalue weighted by Crippen LogP contribution is -2.14. The number of nitrogens with zero attached hydrogens (tertiary/aromatic N) is 2. The summed E-state index contributed by atoms with van der Waals surface area (Å²) in [6.07, 6.45) is 3.79. The van der Waals surface area contributed by atoms with Crippen LogP contribution in [0.5, 0.6) is 0 Å². The van der Waals surface area contributed by atoms with Crippen molar-refractivity contribution in [3.05, 3.63) is 16.4 Å². The van der Waals surface area contributed by atoms with Crippen LogP contribution in [0.15, 0.2) is 0 Å². The van der Waals surface area contributed by atoms with Crippen molar-refractivity contribution >= 4 is 11.6 Å². The molecule has 1 aliphatic rings. The maximum atomic E-state index is 9.87. The number of aromatic nitrogens is 2. The first-order valence-electron chi connectivity index (χ1n) is 5.44. The zero-order valence-electron chi connectivity index (χ0n) is 9.20. The van der Waals surface area contributed by atoms with Crippen LogP contribution < -0.4 is 0 Å². The zero-order chi connectivity index (χ0) is 11.0. The van der Waals surface area contributed by atoms with E-state index in [9.17, 15) is 5.11 Å². The molecule has 1 heterocycles. The number of aliphatic hydroxyl groups excluding tert-OH is 1. The van der Waals surface area contributed by atoms with Crippen molar-refractivity contribution in [2.24, 2.45) is 13.0 Å². The third kappa shape index (κ3) is 2.52. The Morgan fingerprint density at radius 2 is 2.27 bits per heavy atom. The fourth-order valence-electron chi connectivity index (χ4n) is 1.95. The van der Waals surface area contributed by atoms with Crippen molar-refractivity contribution in [2.75, 3.05) is 0 Å². The van der Waals surface area contributed by atoms with Crippen LogP contribution in [0, 0.1) is 12.8 Å². The Kier molecular flexibility index (Phi) is 3.03. The topological polar surface area (TPSA) is 38.0 Å². The molecule has 0 aliphatic heterocycles. The second kappa shape index (κ2) is 4.14. The van der Waals surface area contributed by atoms with Crippen LogP contribution in [0.1, 0.15) is 30.7 Å². The fraction of sp³-hybridized carbons (Fsp3) is 0.727. The Hall–Kier alpha value is -0.540. The van der Waals surface area contributed by atoms with Crippen molar-refractivity contribution in [1.29, 1.82) is 0 Å². The van der Waals surface area contributed by atoms with E-state index in [2.05, 4.69) is 5.10 Å². The molecular weight excluding hydrogens is 212 g/mol. The van der Waals surface area contributed by atoms with Crippen molar-refractivity contribution in [1.82, 2.24) is 9.78 Å². The summed E-state index contributed by atoms with van der Waals surface area (Å²) in [5, 5.41) is 14.8. The first kappa shape index (κ1) is 11.0. The van der Waals surface area contributed by atoms with Crippen LogP contribution in [0.3, 0.4) is 0 Å². The van der Waals surface area contributed by atoms with Gasteiger partial charge in [-0.3, -0.25) is 4.68 Å². The van der Waals surface area contributed by atoms with E-state index in [1.54, 1.807) is 4.68 Å². The summed E-state index contributed by atoms with van der Waals surface area (Å²) in [5.74, 6) is 0.744. The highest BCUT2D eigenvalue weighted by Crippen LogP contribution is 2.34. The highest BCUT2D eigenvalue weighted by molar-refractivity contribution is 6.31. The summed E-state index contributed by atoms with van der Waals surface area (Å²) >= 11 is 6.12. The smallest absolute Gasteiger partial charge is 0.0847 e. The molecule has 3 nitrogen and oxygen atoms in total. The SMILES string of the molecule is Cc1nn(C)c(CC(O)CC2CC2)c1Cl. The molecule has 1 N–H and O–H groups in total. The Morgan fingerprint density at radius 1 is 1.60 bits per heavy atom. The lowest BCUT2D eigenvalue weighted by atomic mass is 10.1. The molecule has 0 amide bonds. The summed E-state index contributed by atoms with van der Waals surface area (Å²) in [6.45, 7) is 1.89. The van der Waals surface area contributed by atoms with Gasteiger partial charge in [0.05, 0.1) is 22.5 Å². The van der Waals surface area contributed by atoms with Gasteiger partial charge >= 0.3 is 0 Å². The summed E-state index contributed by atoms with van der Waals surface area (Å²) in [4.78, 5) is 0. The Labute approximate surface area is 95.0 Å². The molecule has 4 heteroatoms. The molecule has 1 saturated carbocycles. The summed E-state index contributed by atoms with van der Waals surface area (Å²) in [6, 6.07) is 0. The van der Waals surface area contributed by atoms with Crippen LogP contribution in [-0.4, -0.2) is 21.0 Å². The molecule has 1 atom stereocenters. The Balaban J connectivity index is 2.01. The van der Waals surface area contributed by atoms with Crippen LogP contribution in [-0.2, 0) is 13.5 Å². The standard InChI is InChI=1S/C11H17ClN2O/c1-7-11(12)10(14(2)13-7)6-9(15)5-8-3-4-8/h8-9,15H,3-6H2,1-2H3. The van der Waals surface area contributed by atoms with Crippen LogP contribution >= 0.6 is 11.6 Å². The summed E-state index contributed by atoms with van der Waals surface area (Å²) in [7, 11) is 1.87. The molecule has 2 rings (SSSR count). The monoisotopic (exact) mass is 228 g/mol. The van der Waals surface area contributed by atoms with E-state index in [0.29, 0.717) is 11.4 Å². The van der Waals surface area contributed by atoms with Gasteiger partial charge in [-0.25, -0.2) is 0 Å². The largest absolute Gasteiger partial charge is 0.393 e. The highest BCUT2D eigenvalue weighted by Gasteiger charge is 2.25. The molecule has 1 aromatic heterocycles. The molecule has 0 bridgehead atoms. The second-order valence-corrected chi connectivity index (χ2v) is 4.88. The van der Waals surface area contributed by atoms with Gasteiger partial charge in [-0.15, -0.1) is 0 Å². The normalized spacial score (nSPS) is 18.1. The van der Waals surface area contributed by atoms with Gasteiger partial charge in [-0.2, -0.15) is 5.10 Å². The van der Waals surface area contributed by atoms with Crippen molar-refractivity contribution in [3.8, 4) is 0 Å². The van der Waals surface area contributed by atoms with Gasteiger partial charge in [0.25, 0.3) is 0 Å². The minimum atomic E-state index is -0.273. The van der Waals surface area contributed by atoms with Crippen molar-refractivity contribution in [2.45, 2.75) is 38.7 Å². The minimum Gasteiger partial charge on any atom is -0.393 e. The average Bonchev–Trinajstić information content (AvgIpc) is 2.92. The predicted octanol–water partition coefficient (Wildman–Crippen LogP) is 2.09. The number of hydrogen-bond donors (Lipinski definition) is 1. The van der Waals surface area contributed by atoms with Crippen molar-refractivity contribution in [3.63, 3.8) is 0 Å².